The van der Waals surface area contributed by atoms with Crippen molar-refractivity contribution in [2.75, 3.05) is 25.6 Å². The molecule has 3 rings (SSSR count). The average molecular weight is 372 g/mol. The van der Waals surface area contributed by atoms with Crippen molar-refractivity contribution in [3.05, 3.63) is 52.8 Å². The van der Waals surface area contributed by atoms with Crippen molar-refractivity contribution >= 4 is 22.4 Å². The molecule has 1 N–H and O–H groups in total. The SMILES string of the molecule is COCCOc1cccc(C(=O)Nc2nc(-c3cc(C)oc3C)cs2)c1. The number of hydrogen-bond acceptors (Lipinski definition) is 6. The summed E-state index contributed by atoms with van der Waals surface area (Å²) in [6.07, 6.45) is 0. The number of benzene rings is 1. The molecule has 0 saturated carbocycles. The summed E-state index contributed by atoms with van der Waals surface area (Å²) >= 11 is 1.37. The van der Waals surface area contributed by atoms with Crippen LogP contribution in [-0.4, -0.2) is 31.2 Å². The number of thiazole rings is 1. The highest BCUT2D eigenvalue weighted by Crippen LogP contribution is 2.29. The molecule has 0 fully saturated rings. The van der Waals surface area contributed by atoms with E-state index < -0.39 is 0 Å². The van der Waals surface area contributed by atoms with E-state index in [-0.39, 0.29) is 5.91 Å². The van der Waals surface area contributed by atoms with E-state index in [4.69, 9.17) is 13.9 Å². The minimum Gasteiger partial charge on any atom is -0.491 e. The highest BCUT2D eigenvalue weighted by atomic mass is 32.1. The second-order valence-electron chi connectivity index (χ2n) is 5.69. The average Bonchev–Trinajstić information content (AvgIpc) is 3.21. The van der Waals surface area contributed by atoms with Gasteiger partial charge in [0.05, 0.1) is 12.3 Å². The summed E-state index contributed by atoms with van der Waals surface area (Å²) in [6, 6.07) is 8.95. The molecule has 0 unspecified atom stereocenters. The molecule has 1 amide bonds. The summed E-state index contributed by atoms with van der Waals surface area (Å²) in [5.74, 6) is 2.04. The van der Waals surface area contributed by atoms with Crippen molar-refractivity contribution in [1.29, 1.82) is 0 Å². The van der Waals surface area contributed by atoms with Crippen molar-refractivity contribution < 1.29 is 18.7 Å². The van der Waals surface area contributed by atoms with Crippen molar-refractivity contribution in [2.24, 2.45) is 0 Å². The lowest BCUT2D eigenvalue weighted by Crippen LogP contribution is -2.12. The third-order valence-electron chi connectivity index (χ3n) is 3.69. The summed E-state index contributed by atoms with van der Waals surface area (Å²) in [6.45, 7) is 4.72. The van der Waals surface area contributed by atoms with E-state index in [1.807, 2.05) is 25.3 Å². The Hall–Kier alpha value is -2.64. The third-order valence-corrected chi connectivity index (χ3v) is 4.45. The number of nitrogens with zero attached hydrogens (tertiary/aromatic N) is 1. The monoisotopic (exact) mass is 372 g/mol. The lowest BCUT2D eigenvalue weighted by atomic mass is 10.2. The Kier molecular flexibility index (Phi) is 5.70. The highest BCUT2D eigenvalue weighted by Gasteiger charge is 2.14. The number of carbonyl (C=O) groups is 1. The van der Waals surface area contributed by atoms with Crippen molar-refractivity contribution in [3.63, 3.8) is 0 Å². The Balaban J connectivity index is 1.69. The van der Waals surface area contributed by atoms with Crippen LogP contribution in [0, 0.1) is 13.8 Å². The third kappa shape index (κ3) is 4.30. The quantitative estimate of drug-likeness (QED) is 0.626. The fourth-order valence-corrected chi connectivity index (χ4v) is 3.18. The van der Waals surface area contributed by atoms with Crippen LogP contribution in [0.4, 0.5) is 5.13 Å². The van der Waals surface area contributed by atoms with E-state index >= 15 is 0 Å². The van der Waals surface area contributed by atoms with Gasteiger partial charge in [0.1, 0.15) is 23.9 Å². The zero-order valence-electron chi connectivity index (χ0n) is 14.9. The molecule has 0 aliphatic rings. The molecule has 2 aromatic heterocycles. The van der Waals surface area contributed by atoms with E-state index in [1.54, 1.807) is 31.4 Å². The Bertz CT molecular complexity index is 901. The van der Waals surface area contributed by atoms with Crippen LogP contribution in [0.3, 0.4) is 0 Å². The molecule has 0 radical (unpaired) electrons. The van der Waals surface area contributed by atoms with Gasteiger partial charge in [0.2, 0.25) is 0 Å². The molecule has 6 nitrogen and oxygen atoms in total. The maximum absolute atomic E-state index is 12.5. The molecule has 136 valence electrons. The number of ether oxygens (including phenoxy) is 2. The van der Waals surface area contributed by atoms with Gasteiger partial charge in [0.15, 0.2) is 5.13 Å². The Morgan fingerprint density at radius 1 is 1.27 bits per heavy atom. The molecule has 0 spiro atoms. The molecule has 1 aromatic carbocycles. The summed E-state index contributed by atoms with van der Waals surface area (Å²) in [4.78, 5) is 17.0. The molecule has 3 aromatic rings. The lowest BCUT2D eigenvalue weighted by molar-refractivity contribution is 0.102. The first-order chi connectivity index (χ1) is 12.6. The number of hydrogen-bond donors (Lipinski definition) is 1. The van der Waals surface area contributed by atoms with Gasteiger partial charge >= 0.3 is 0 Å². The minimum atomic E-state index is -0.233. The van der Waals surface area contributed by atoms with Crippen molar-refractivity contribution in [1.82, 2.24) is 4.98 Å². The molecule has 26 heavy (non-hydrogen) atoms. The molecule has 0 atom stereocenters. The van der Waals surface area contributed by atoms with Gasteiger partial charge in [0.25, 0.3) is 5.91 Å². The maximum Gasteiger partial charge on any atom is 0.257 e. The molecule has 2 heterocycles. The largest absolute Gasteiger partial charge is 0.491 e. The number of amides is 1. The van der Waals surface area contributed by atoms with E-state index in [9.17, 15) is 4.79 Å². The van der Waals surface area contributed by atoms with Gasteiger partial charge in [-0.3, -0.25) is 10.1 Å². The topological polar surface area (TPSA) is 73.6 Å². The predicted molar refractivity (Wildman–Crippen MR) is 101 cm³/mol. The zero-order valence-corrected chi connectivity index (χ0v) is 15.7. The Morgan fingerprint density at radius 3 is 2.85 bits per heavy atom. The first kappa shape index (κ1) is 18.2. The standard InChI is InChI=1S/C19H20N2O4S/c1-12-9-16(13(2)25-12)17-11-26-19(20-17)21-18(22)14-5-4-6-15(10-14)24-8-7-23-3/h4-6,9-11H,7-8H2,1-3H3,(H,20,21,22). The number of methoxy groups -OCH3 is 1. The highest BCUT2D eigenvalue weighted by molar-refractivity contribution is 7.14. The first-order valence-electron chi connectivity index (χ1n) is 8.13. The smallest absolute Gasteiger partial charge is 0.257 e. The molecule has 0 aliphatic carbocycles. The van der Waals surface area contributed by atoms with Gasteiger partial charge in [-0.2, -0.15) is 0 Å². The fourth-order valence-electron chi connectivity index (χ4n) is 2.48. The van der Waals surface area contributed by atoms with Crippen LogP contribution in [0.2, 0.25) is 0 Å². The minimum absolute atomic E-state index is 0.233. The van der Waals surface area contributed by atoms with Crippen LogP contribution in [0.15, 0.2) is 40.1 Å². The molecule has 7 heteroatoms. The summed E-state index contributed by atoms with van der Waals surface area (Å²) in [5, 5.41) is 5.26. The number of furan rings is 1. The van der Waals surface area contributed by atoms with Crippen LogP contribution in [-0.2, 0) is 4.74 Å². The second-order valence-corrected chi connectivity index (χ2v) is 6.55. The molecule has 0 aliphatic heterocycles. The van der Waals surface area contributed by atoms with Gasteiger partial charge in [-0.05, 0) is 38.1 Å². The van der Waals surface area contributed by atoms with Gasteiger partial charge in [-0.15, -0.1) is 11.3 Å². The van der Waals surface area contributed by atoms with E-state index in [0.717, 1.165) is 22.8 Å². The van der Waals surface area contributed by atoms with Crippen molar-refractivity contribution in [3.8, 4) is 17.0 Å². The lowest BCUT2D eigenvalue weighted by Gasteiger charge is -2.07. The van der Waals surface area contributed by atoms with Crippen molar-refractivity contribution in [2.45, 2.75) is 13.8 Å². The number of carbonyl (C=O) groups excluding carboxylic acids is 1. The molecule has 0 saturated heterocycles. The summed E-state index contributed by atoms with van der Waals surface area (Å²) < 4.78 is 16.0. The van der Waals surface area contributed by atoms with Crippen LogP contribution in [0.5, 0.6) is 5.75 Å². The van der Waals surface area contributed by atoms with Gasteiger partial charge in [-0.1, -0.05) is 6.07 Å². The van der Waals surface area contributed by atoms with E-state index in [0.29, 0.717) is 29.7 Å². The molecular weight excluding hydrogens is 352 g/mol. The zero-order chi connectivity index (χ0) is 18.5. The maximum atomic E-state index is 12.5. The predicted octanol–water partition coefficient (Wildman–Crippen LogP) is 4.30. The Morgan fingerprint density at radius 2 is 2.12 bits per heavy atom. The van der Waals surface area contributed by atoms with Gasteiger partial charge in [0, 0.05) is 23.6 Å². The normalized spacial score (nSPS) is 10.7. The number of anilines is 1. The number of rotatable bonds is 7. The van der Waals surface area contributed by atoms with Crippen LogP contribution in [0.1, 0.15) is 21.9 Å². The van der Waals surface area contributed by atoms with Crippen LogP contribution in [0.25, 0.3) is 11.3 Å². The number of aryl methyl sites for hydroxylation is 2. The first-order valence-corrected chi connectivity index (χ1v) is 9.01. The summed E-state index contributed by atoms with van der Waals surface area (Å²) in [7, 11) is 1.61. The second kappa shape index (κ2) is 8.16. The van der Waals surface area contributed by atoms with E-state index in [1.165, 1.54) is 11.3 Å². The van der Waals surface area contributed by atoms with Gasteiger partial charge in [-0.25, -0.2) is 4.98 Å². The summed E-state index contributed by atoms with van der Waals surface area (Å²) in [5.41, 5.74) is 2.23. The number of nitrogens with one attached hydrogen (secondary N) is 1. The Labute approximate surface area is 155 Å². The van der Waals surface area contributed by atoms with E-state index in [2.05, 4.69) is 10.3 Å². The fraction of sp³-hybridized carbons (Fsp3) is 0.263. The van der Waals surface area contributed by atoms with Gasteiger partial charge < -0.3 is 13.9 Å². The van der Waals surface area contributed by atoms with Crippen LogP contribution >= 0.6 is 11.3 Å². The molecule has 0 bridgehead atoms. The van der Waals surface area contributed by atoms with Crippen LogP contribution < -0.4 is 10.1 Å². The molecular formula is C19H20N2O4S. The number of aromatic nitrogens is 1.